The molecule has 270 valence electrons. The molecule has 10 rings (SSSR count). The van der Waals surface area contributed by atoms with Gasteiger partial charge in [0, 0.05) is 27.8 Å². The van der Waals surface area contributed by atoms with Crippen molar-refractivity contribution < 1.29 is 4.42 Å². The van der Waals surface area contributed by atoms with Crippen molar-refractivity contribution in [3.8, 4) is 22.3 Å². The van der Waals surface area contributed by atoms with Gasteiger partial charge >= 0.3 is 0 Å². The number of hydrogen-bond donors (Lipinski definition) is 0. The topological polar surface area (TPSA) is 16.4 Å². The van der Waals surface area contributed by atoms with E-state index in [1.807, 2.05) is 0 Å². The van der Waals surface area contributed by atoms with Crippen molar-refractivity contribution in [3.63, 3.8) is 0 Å². The zero-order valence-corrected chi connectivity index (χ0v) is 32.4. The summed E-state index contributed by atoms with van der Waals surface area (Å²) >= 11 is 0. The molecule has 0 amide bonds. The van der Waals surface area contributed by atoms with Gasteiger partial charge in [-0.3, -0.25) is 0 Å². The normalized spacial score (nSPS) is 11.5. The van der Waals surface area contributed by atoms with Crippen molar-refractivity contribution in [2.75, 3.05) is 4.90 Å². The van der Waals surface area contributed by atoms with Crippen LogP contribution in [0, 0.1) is 0 Å². The molecule has 0 aliphatic rings. The summed E-state index contributed by atoms with van der Waals surface area (Å²) in [6, 6.07) is 85.8. The van der Waals surface area contributed by atoms with Crippen LogP contribution in [-0.4, -0.2) is 8.07 Å². The zero-order valence-electron chi connectivity index (χ0n) is 31.4. The van der Waals surface area contributed by atoms with Crippen LogP contribution >= 0.6 is 0 Å². The smallest absolute Gasteiger partial charge is 0.179 e. The van der Waals surface area contributed by atoms with Crippen LogP contribution in [0.15, 0.2) is 241 Å². The van der Waals surface area contributed by atoms with E-state index in [1.54, 1.807) is 0 Å². The summed E-state index contributed by atoms with van der Waals surface area (Å²) < 4.78 is 6.36. The highest BCUT2D eigenvalue weighted by Gasteiger charge is 2.41. The van der Waals surface area contributed by atoms with E-state index in [0.29, 0.717) is 0 Å². The number of anilines is 3. The molecule has 9 aromatic carbocycles. The minimum atomic E-state index is -2.66. The lowest BCUT2D eigenvalue weighted by Crippen LogP contribution is -2.74. The van der Waals surface area contributed by atoms with Gasteiger partial charge in [-0.15, -0.1) is 0 Å². The average molecular weight is 746 g/mol. The molecule has 0 saturated heterocycles. The summed E-state index contributed by atoms with van der Waals surface area (Å²) in [5, 5.41) is 7.66. The Morgan fingerprint density at radius 1 is 0.281 bits per heavy atom. The quantitative estimate of drug-likeness (QED) is 0.108. The summed E-state index contributed by atoms with van der Waals surface area (Å²) in [6.45, 7) is 0. The molecule has 2 nitrogen and oxygen atoms in total. The number of furan rings is 1. The second-order valence-electron chi connectivity index (χ2n) is 14.5. The van der Waals surface area contributed by atoms with Crippen LogP contribution in [0.3, 0.4) is 0 Å². The molecule has 1 aromatic heterocycles. The molecule has 0 N–H and O–H groups in total. The van der Waals surface area contributed by atoms with Crippen molar-refractivity contribution in [1.29, 1.82) is 0 Å². The summed E-state index contributed by atoms with van der Waals surface area (Å²) in [4.78, 5) is 2.33. The molecular weight excluding hydrogens is 707 g/mol. The van der Waals surface area contributed by atoms with Crippen molar-refractivity contribution in [2.45, 2.75) is 0 Å². The number of nitrogens with zero attached hydrogens (tertiary/aromatic N) is 1. The predicted octanol–water partition coefficient (Wildman–Crippen LogP) is 11.8. The maximum Gasteiger partial charge on any atom is 0.179 e. The number of rotatable bonds is 9. The van der Waals surface area contributed by atoms with Gasteiger partial charge in [0.1, 0.15) is 11.2 Å². The fraction of sp³-hybridized carbons (Fsp3) is 0. The molecular formula is C54H39NOSi. The first-order valence-corrected chi connectivity index (χ1v) is 21.5. The highest BCUT2D eigenvalue weighted by atomic mass is 28.3. The number of para-hydroxylation sites is 1. The van der Waals surface area contributed by atoms with E-state index in [4.69, 9.17) is 4.42 Å². The molecule has 0 saturated carbocycles. The van der Waals surface area contributed by atoms with Gasteiger partial charge in [-0.05, 0) is 97.6 Å². The highest BCUT2D eigenvalue weighted by Crippen LogP contribution is 2.40. The fourth-order valence-corrected chi connectivity index (χ4v) is 13.3. The molecule has 0 aliphatic carbocycles. The highest BCUT2D eigenvalue weighted by molar-refractivity contribution is 7.19. The van der Waals surface area contributed by atoms with Crippen LogP contribution in [-0.2, 0) is 0 Å². The standard InChI is InChI=1S/C54H39NOSi/c1-6-17-40(18-7-1)43-31-35-53-51(38-43)52-39-46(34-36-54(52)56-53)55(44-20-8-2-9-21-44)45-32-29-41(30-33-45)42-19-16-28-50(37-42)57(47-22-10-3-11-23-47,48-24-12-4-13-25-48)49-26-14-5-15-27-49/h1-39H. The number of hydrogen-bond acceptors (Lipinski definition) is 2. The van der Waals surface area contributed by atoms with E-state index in [2.05, 4.69) is 241 Å². The van der Waals surface area contributed by atoms with Gasteiger partial charge < -0.3 is 9.32 Å². The molecule has 10 aromatic rings. The predicted molar refractivity (Wildman–Crippen MR) is 243 cm³/mol. The minimum absolute atomic E-state index is 0.878. The minimum Gasteiger partial charge on any atom is -0.456 e. The lowest BCUT2D eigenvalue weighted by atomic mass is 10.0. The maximum atomic E-state index is 6.36. The van der Waals surface area contributed by atoms with Crippen molar-refractivity contribution in [1.82, 2.24) is 0 Å². The van der Waals surface area contributed by atoms with Crippen LogP contribution in [0.1, 0.15) is 0 Å². The lowest BCUT2D eigenvalue weighted by molar-refractivity contribution is 0.669. The Morgan fingerprint density at radius 3 is 1.28 bits per heavy atom. The summed E-state index contributed by atoms with van der Waals surface area (Å²) in [6.07, 6.45) is 0. The zero-order chi connectivity index (χ0) is 38.0. The molecule has 0 atom stereocenters. The Bertz CT molecular complexity index is 2830. The van der Waals surface area contributed by atoms with Crippen molar-refractivity contribution in [3.05, 3.63) is 237 Å². The SMILES string of the molecule is c1ccc(-c2ccc3oc4ccc(N(c5ccccc5)c5ccc(-c6cccc([Si](c7ccccc7)(c7ccccc7)c7ccccc7)c6)cc5)cc4c3c2)cc1. The average Bonchev–Trinajstić information content (AvgIpc) is 3.66. The van der Waals surface area contributed by atoms with Crippen LogP contribution < -0.4 is 25.6 Å². The van der Waals surface area contributed by atoms with E-state index in [1.165, 1.54) is 43.0 Å². The molecule has 1 heterocycles. The van der Waals surface area contributed by atoms with Crippen LogP contribution in [0.2, 0.25) is 0 Å². The summed E-state index contributed by atoms with van der Waals surface area (Å²) in [7, 11) is -2.66. The third kappa shape index (κ3) is 6.25. The van der Waals surface area contributed by atoms with Gasteiger partial charge in [-0.25, -0.2) is 0 Å². The van der Waals surface area contributed by atoms with E-state index in [-0.39, 0.29) is 0 Å². The summed E-state index contributed by atoms with van der Waals surface area (Å²) in [5.41, 5.74) is 9.75. The van der Waals surface area contributed by atoms with Crippen molar-refractivity contribution in [2.24, 2.45) is 0 Å². The van der Waals surface area contributed by atoms with Gasteiger partial charge in [-0.1, -0.05) is 182 Å². The molecule has 3 heteroatoms. The Kier molecular flexibility index (Phi) is 8.90. The first-order valence-electron chi connectivity index (χ1n) is 19.5. The van der Waals surface area contributed by atoms with E-state index >= 15 is 0 Å². The molecule has 0 unspecified atom stereocenters. The van der Waals surface area contributed by atoms with Crippen molar-refractivity contribution >= 4 is 67.8 Å². The Morgan fingerprint density at radius 2 is 0.684 bits per heavy atom. The third-order valence-electron chi connectivity index (χ3n) is 11.2. The van der Waals surface area contributed by atoms with Crippen LogP contribution in [0.4, 0.5) is 17.1 Å². The number of benzene rings is 9. The Balaban J connectivity index is 1.07. The Labute approximate surface area is 334 Å². The molecule has 0 bridgehead atoms. The van der Waals surface area contributed by atoms with Gasteiger partial charge in [-0.2, -0.15) is 0 Å². The first-order chi connectivity index (χ1) is 28.3. The summed E-state index contributed by atoms with van der Waals surface area (Å²) in [5.74, 6) is 0. The largest absolute Gasteiger partial charge is 0.456 e. The van der Waals surface area contributed by atoms with E-state index in [0.717, 1.165) is 39.0 Å². The second-order valence-corrected chi connectivity index (χ2v) is 18.3. The molecule has 0 spiro atoms. The van der Waals surface area contributed by atoms with Gasteiger partial charge in [0.05, 0.1) is 0 Å². The Hall–Kier alpha value is -7.20. The van der Waals surface area contributed by atoms with Gasteiger partial charge in [0.25, 0.3) is 0 Å². The first kappa shape index (κ1) is 34.3. The molecule has 57 heavy (non-hydrogen) atoms. The third-order valence-corrected chi connectivity index (χ3v) is 16.0. The van der Waals surface area contributed by atoms with E-state index in [9.17, 15) is 0 Å². The molecule has 0 fully saturated rings. The molecule has 0 radical (unpaired) electrons. The second kappa shape index (κ2) is 14.8. The van der Waals surface area contributed by atoms with Crippen LogP contribution in [0.25, 0.3) is 44.2 Å². The maximum absolute atomic E-state index is 6.36. The van der Waals surface area contributed by atoms with Crippen LogP contribution in [0.5, 0.6) is 0 Å². The number of fused-ring (bicyclic) bond motifs is 3. The van der Waals surface area contributed by atoms with Gasteiger partial charge in [0.15, 0.2) is 8.07 Å². The van der Waals surface area contributed by atoms with Gasteiger partial charge in [0.2, 0.25) is 0 Å². The fourth-order valence-electron chi connectivity index (χ4n) is 8.54. The molecule has 0 aliphatic heterocycles. The lowest BCUT2D eigenvalue weighted by Gasteiger charge is -2.34. The monoisotopic (exact) mass is 745 g/mol. The van der Waals surface area contributed by atoms with E-state index < -0.39 is 8.07 Å².